The zero-order chi connectivity index (χ0) is 22.1. The topological polar surface area (TPSA) is 39.2 Å². The van der Waals surface area contributed by atoms with E-state index >= 15 is 0 Å². The van der Waals surface area contributed by atoms with Gasteiger partial charge in [-0.25, -0.2) is 9.18 Å². The van der Waals surface area contributed by atoms with Crippen molar-refractivity contribution in [2.75, 3.05) is 0 Å². The van der Waals surface area contributed by atoms with Gasteiger partial charge in [-0.05, 0) is 60.7 Å². The van der Waals surface area contributed by atoms with E-state index in [1.165, 1.54) is 24.5 Å². The lowest BCUT2D eigenvalue weighted by Crippen LogP contribution is -2.09. The first-order valence-electron chi connectivity index (χ1n) is 11.2. The largest absolute Gasteiger partial charge is 0.420 e. The summed E-state index contributed by atoms with van der Waals surface area (Å²) in [6.07, 6.45) is 9.35. The molecule has 0 unspecified atom stereocenters. The van der Waals surface area contributed by atoms with Gasteiger partial charge >= 0.3 is 5.97 Å². The molecule has 0 atom stereocenters. The number of esters is 1. The number of pyridine rings is 1. The Bertz CT molecular complexity index is 981. The van der Waals surface area contributed by atoms with E-state index in [0.717, 1.165) is 48.9 Å². The second-order valence-corrected chi connectivity index (χ2v) is 7.84. The second kappa shape index (κ2) is 11.4. The Morgan fingerprint density at radius 2 is 1.65 bits per heavy atom. The molecule has 3 aromatic rings. The highest BCUT2D eigenvalue weighted by molar-refractivity contribution is 5.91. The van der Waals surface area contributed by atoms with Gasteiger partial charge in [-0.3, -0.25) is 4.98 Å². The number of carbonyl (C=O) groups is 1. The van der Waals surface area contributed by atoms with Crippen LogP contribution in [0.3, 0.4) is 0 Å². The van der Waals surface area contributed by atoms with Crippen molar-refractivity contribution in [2.24, 2.45) is 0 Å². The smallest absolute Gasteiger partial charge is 0.343 e. The highest BCUT2D eigenvalue weighted by Gasteiger charge is 2.13. The first-order chi connectivity index (χ1) is 15.1. The molecule has 162 valence electrons. The molecule has 0 fully saturated rings. The molecule has 0 radical (unpaired) electrons. The van der Waals surface area contributed by atoms with Crippen LogP contribution in [0.15, 0.2) is 60.8 Å². The molecule has 0 amide bonds. The molecular formula is C27H30FNO2. The van der Waals surface area contributed by atoms with Crippen LogP contribution in [0.4, 0.5) is 4.39 Å². The molecule has 3 rings (SSSR count). The van der Waals surface area contributed by atoms with Crippen LogP contribution in [0.2, 0.25) is 0 Å². The number of rotatable bonds is 10. The maximum Gasteiger partial charge on any atom is 0.343 e. The minimum Gasteiger partial charge on any atom is -0.420 e. The van der Waals surface area contributed by atoms with Crippen LogP contribution >= 0.6 is 0 Å². The van der Waals surface area contributed by atoms with Crippen molar-refractivity contribution in [3.05, 3.63) is 83.3 Å². The number of carbonyl (C=O) groups excluding carboxylic acids is 1. The summed E-state index contributed by atoms with van der Waals surface area (Å²) in [6.45, 7) is 4.30. The Balaban J connectivity index is 1.61. The quantitative estimate of drug-likeness (QED) is 0.198. The zero-order valence-electron chi connectivity index (χ0n) is 18.4. The van der Waals surface area contributed by atoms with Crippen molar-refractivity contribution in [3.63, 3.8) is 0 Å². The van der Waals surface area contributed by atoms with Gasteiger partial charge in [0.15, 0.2) is 11.6 Å². The Labute approximate surface area is 184 Å². The molecule has 0 aliphatic rings. The first kappa shape index (κ1) is 22.7. The number of unbranched alkanes of at least 4 members (excludes halogenated alkanes) is 3. The van der Waals surface area contributed by atoms with Gasteiger partial charge in [0, 0.05) is 11.8 Å². The number of nitrogens with zero attached hydrogens (tertiary/aromatic N) is 1. The average molecular weight is 420 g/mol. The van der Waals surface area contributed by atoms with E-state index in [1.54, 1.807) is 18.2 Å². The summed E-state index contributed by atoms with van der Waals surface area (Å²) in [7, 11) is 0. The fourth-order valence-electron chi connectivity index (χ4n) is 3.51. The second-order valence-electron chi connectivity index (χ2n) is 7.84. The van der Waals surface area contributed by atoms with Crippen LogP contribution in [-0.2, 0) is 12.8 Å². The van der Waals surface area contributed by atoms with Crippen molar-refractivity contribution in [2.45, 2.75) is 58.8 Å². The third kappa shape index (κ3) is 6.48. The van der Waals surface area contributed by atoms with Crippen molar-refractivity contribution in [1.82, 2.24) is 4.98 Å². The molecule has 4 heteroatoms. The fraction of sp³-hybridized carbons (Fsp3) is 0.333. The molecular weight excluding hydrogens is 389 g/mol. The van der Waals surface area contributed by atoms with E-state index in [-0.39, 0.29) is 5.75 Å². The summed E-state index contributed by atoms with van der Waals surface area (Å²) in [4.78, 5) is 17.0. The molecule has 0 spiro atoms. The maximum absolute atomic E-state index is 14.4. The van der Waals surface area contributed by atoms with Crippen LogP contribution in [0, 0.1) is 5.82 Å². The highest BCUT2D eigenvalue weighted by Crippen LogP contribution is 2.22. The van der Waals surface area contributed by atoms with Crippen LogP contribution in [-0.4, -0.2) is 11.0 Å². The molecule has 0 saturated heterocycles. The highest BCUT2D eigenvalue weighted by atomic mass is 19.1. The van der Waals surface area contributed by atoms with E-state index < -0.39 is 11.8 Å². The Hall–Kier alpha value is -3.01. The molecule has 0 bridgehead atoms. The lowest BCUT2D eigenvalue weighted by Gasteiger charge is -2.08. The van der Waals surface area contributed by atoms with Gasteiger partial charge in [-0.1, -0.05) is 63.8 Å². The molecule has 0 aliphatic heterocycles. The van der Waals surface area contributed by atoms with Crippen LogP contribution in [0.1, 0.15) is 67.4 Å². The Kier molecular flexibility index (Phi) is 8.34. The minimum absolute atomic E-state index is 0.0421. The number of aryl methyl sites for hydroxylation is 2. The summed E-state index contributed by atoms with van der Waals surface area (Å²) < 4.78 is 19.7. The van der Waals surface area contributed by atoms with Gasteiger partial charge in [-0.2, -0.15) is 0 Å². The van der Waals surface area contributed by atoms with Crippen molar-refractivity contribution >= 4 is 5.97 Å². The van der Waals surface area contributed by atoms with E-state index in [4.69, 9.17) is 4.74 Å². The first-order valence-corrected chi connectivity index (χ1v) is 11.2. The van der Waals surface area contributed by atoms with Crippen molar-refractivity contribution < 1.29 is 13.9 Å². The van der Waals surface area contributed by atoms with Gasteiger partial charge in [0.25, 0.3) is 0 Å². The fourth-order valence-corrected chi connectivity index (χ4v) is 3.51. The van der Waals surface area contributed by atoms with Gasteiger partial charge < -0.3 is 4.74 Å². The maximum atomic E-state index is 14.4. The molecule has 1 aromatic heterocycles. The summed E-state index contributed by atoms with van der Waals surface area (Å²) in [5, 5.41) is 0. The van der Waals surface area contributed by atoms with Gasteiger partial charge in [-0.15, -0.1) is 0 Å². The van der Waals surface area contributed by atoms with E-state index in [9.17, 15) is 9.18 Å². The molecule has 2 aromatic carbocycles. The molecule has 0 aliphatic carbocycles. The molecule has 0 saturated carbocycles. The predicted molar refractivity (Wildman–Crippen MR) is 123 cm³/mol. The lowest BCUT2D eigenvalue weighted by molar-refractivity contribution is 0.0728. The lowest BCUT2D eigenvalue weighted by atomic mass is 10.1. The monoisotopic (exact) mass is 419 g/mol. The van der Waals surface area contributed by atoms with E-state index in [2.05, 4.69) is 24.9 Å². The van der Waals surface area contributed by atoms with Gasteiger partial charge in [0.2, 0.25) is 0 Å². The number of ether oxygens (including phenoxy) is 1. The number of halogens is 1. The average Bonchev–Trinajstić information content (AvgIpc) is 2.79. The summed E-state index contributed by atoms with van der Waals surface area (Å²) >= 11 is 0. The van der Waals surface area contributed by atoms with Gasteiger partial charge in [0.1, 0.15) is 0 Å². The van der Waals surface area contributed by atoms with Crippen LogP contribution in [0.25, 0.3) is 11.3 Å². The van der Waals surface area contributed by atoms with E-state index in [0.29, 0.717) is 5.56 Å². The number of benzene rings is 2. The summed E-state index contributed by atoms with van der Waals surface area (Å²) in [6, 6.07) is 15.9. The predicted octanol–water partition coefficient (Wildman–Crippen LogP) is 7.18. The molecule has 3 nitrogen and oxygen atoms in total. The summed E-state index contributed by atoms with van der Waals surface area (Å²) in [5.41, 5.74) is 4.27. The Morgan fingerprint density at radius 3 is 2.29 bits per heavy atom. The summed E-state index contributed by atoms with van der Waals surface area (Å²) in [5.74, 6) is -1.12. The Morgan fingerprint density at radius 1 is 0.871 bits per heavy atom. The molecule has 1 heterocycles. The normalized spacial score (nSPS) is 10.8. The molecule has 31 heavy (non-hydrogen) atoms. The van der Waals surface area contributed by atoms with Crippen molar-refractivity contribution in [3.8, 4) is 17.0 Å². The number of aromatic nitrogens is 1. The number of hydrogen-bond donors (Lipinski definition) is 0. The third-order valence-electron chi connectivity index (χ3n) is 5.30. The SMILES string of the molecule is CCCCCCc1ccc(OC(=O)c2ccc(-c3ccc(CCC)cn3)cc2)c(F)c1. The van der Waals surface area contributed by atoms with Crippen LogP contribution in [0.5, 0.6) is 5.75 Å². The third-order valence-corrected chi connectivity index (χ3v) is 5.30. The minimum atomic E-state index is -0.576. The van der Waals surface area contributed by atoms with Gasteiger partial charge in [0.05, 0.1) is 11.3 Å². The van der Waals surface area contributed by atoms with Crippen molar-refractivity contribution in [1.29, 1.82) is 0 Å². The van der Waals surface area contributed by atoms with Crippen LogP contribution < -0.4 is 4.74 Å². The zero-order valence-corrected chi connectivity index (χ0v) is 18.4. The van der Waals surface area contributed by atoms with E-state index in [1.807, 2.05) is 30.5 Å². The number of hydrogen-bond acceptors (Lipinski definition) is 3. The standard InChI is InChI=1S/C27H30FNO2/c1-3-5-6-7-9-20-11-17-26(24(28)18-20)31-27(30)23-14-12-22(13-15-23)25-16-10-21(8-4-2)19-29-25/h10-19H,3-9H2,1-2H3. The molecule has 0 N–H and O–H groups in total.